The molecule has 0 aliphatic rings. The quantitative estimate of drug-likeness (QED) is 0.747. The number of rotatable bonds is 3. The minimum absolute atomic E-state index is 0.00756. The van der Waals surface area contributed by atoms with Gasteiger partial charge in [0.25, 0.3) is 0 Å². The average Bonchev–Trinajstić information content (AvgIpc) is 2.84. The van der Waals surface area contributed by atoms with Crippen molar-refractivity contribution in [2.24, 2.45) is 0 Å². The number of thioether (sulfide) groups is 1. The Kier molecular flexibility index (Phi) is 3.22. The lowest BCUT2D eigenvalue weighted by atomic mass is 10.2. The molecule has 0 amide bonds. The molecule has 0 bridgehead atoms. The van der Waals surface area contributed by atoms with Crippen LogP contribution in [0.5, 0.6) is 0 Å². The number of aromatic nitrogens is 2. The van der Waals surface area contributed by atoms with E-state index in [1.807, 2.05) is 12.1 Å². The van der Waals surface area contributed by atoms with E-state index >= 15 is 0 Å². The number of hydrogen-bond acceptors (Lipinski definition) is 7. The molecule has 0 radical (unpaired) electrons. The van der Waals surface area contributed by atoms with Gasteiger partial charge in [-0.2, -0.15) is 0 Å². The minimum Gasteiger partial charge on any atom is -0.464 e. The Morgan fingerprint density at radius 3 is 2.95 bits per heavy atom. The van der Waals surface area contributed by atoms with Crippen LogP contribution in [0.4, 0.5) is 5.13 Å². The second-order valence-corrected chi connectivity index (χ2v) is 6.01. The molecule has 19 heavy (non-hydrogen) atoms. The van der Waals surface area contributed by atoms with Crippen molar-refractivity contribution in [3.8, 4) is 0 Å². The Balaban J connectivity index is 1.89. The van der Waals surface area contributed by atoms with Crippen molar-refractivity contribution in [2.75, 3.05) is 5.73 Å². The van der Waals surface area contributed by atoms with Crippen LogP contribution in [-0.2, 0) is 5.75 Å². The molecular weight excluding hydrogens is 282 g/mol. The number of hydrogen-bond donors (Lipinski definition) is 1. The number of nitrogens with zero attached hydrogens (tertiary/aromatic N) is 2. The van der Waals surface area contributed by atoms with Crippen LogP contribution in [0.25, 0.3) is 11.0 Å². The fourth-order valence-electron chi connectivity index (χ4n) is 1.64. The summed E-state index contributed by atoms with van der Waals surface area (Å²) in [6.45, 7) is 0. The van der Waals surface area contributed by atoms with Gasteiger partial charge in [-0.3, -0.25) is 4.79 Å². The number of anilines is 1. The first-order chi connectivity index (χ1) is 9.24. The van der Waals surface area contributed by atoms with Crippen LogP contribution in [0.1, 0.15) is 5.56 Å². The van der Waals surface area contributed by atoms with E-state index in [0.717, 1.165) is 4.34 Å². The molecule has 2 N–H and O–H groups in total. The van der Waals surface area contributed by atoms with Gasteiger partial charge in [-0.05, 0) is 12.1 Å². The smallest absolute Gasteiger partial charge is 0.203 e. The lowest BCUT2D eigenvalue weighted by Gasteiger charge is -2.00. The Morgan fingerprint density at radius 2 is 2.16 bits per heavy atom. The maximum Gasteiger partial charge on any atom is 0.203 e. The predicted octanol–water partition coefficient (Wildman–Crippen LogP) is 2.52. The van der Waals surface area contributed by atoms with Gasteiger partial charge in [0.1, 0.15) is 5.58 Å². The third kappa shape index (κ3) is 2.47. The molecule has 5 nitrogen and oxygen atoms in total. The topological polar surface area (TPSA) is 82.0 Å². The van der Waals surface area contributed by atoms with Gasteiger partial charge in [0.05, 0.1) is 11.6 Å². The molecule has 1 aromatic carbocycles. The molecule has 3 aromatic rings. The van der Waals surface area contributed by atoms with E-state index < -0.39 is 0 Å². The van der Waals surface area contributed by atoms with Crippen LogP contribution in [0.2, 0.25) is 0 Å². The van der Waals surface area contributed by atoms with E-state index in [1.54, 1.807) is 12.1 Å². The number of nitrogens with two attached hydrogens (primary N) is 1. The van der Waals surface area contributed by atoms with Crippen molar-refractivity contribution in [3.63, 3.8) is 0 Å². The summed E-state index contributed by atoms with van der Waals surface area (Å²) in [6.07, 6.45) is 1.50. The summed E-state index contributed by atoms with van der Waals surface area (Å²) >= 11 is 2.72. The summed E-state index contributed by atoms with van der Waals surface area (Å²) in [5.41, 5.74) is 6.70. The standard InChI is InChI=1S/C12H9N3O2S2/c13-11-14-15-12(19-11)18-6-7-5-17-9-4-2-1-3-8(9)10(7)16/h1-5H,6H2,(H2,13,14). The molecule has 7 heteroatoms. The maximum atomic E-state index is 12.2. The molecule has 0 spiro atoms. The summed E-state index contributed by atoms with van der Waals surface area (Å²) in [5, 5.41) is 8.64. The van der Waals surface area contributed by atoms with E-state index in [4.69, 9.17) is 10.2 Å². The first-order valence-electron chi connectivity index (χ1n) is 5.45. The van der Waals surface area contributed by atoms with E-state index in [1.165, 1.54) is 29.4 Å². The van der Waals surface area contributed by atoms with Crippen molar-refractivity contribution in [1.29, 1.82) is 0 Å². The molecule has 0 atom stereocenters. The molecule has 0 unspecified atom stereocenters. The fourth-order valence-corrected chi connectivity index (χ4v) is 3.22. The van der Waals surface area contributed by atoms with Gasteiger partial charge in [0.15, 0.2) is 9.77 Å². The summed E-state index contributed by atoms with van der Waals surface area (Å²) < 4.78 is 6.19. The van der Waals surface area contributed by atoms with Crippen molar-refractivity contribution in [3.05, 3.63) is 46.3 Å². The van der Waals surface area contributed by atoms with Crippen molar-refractivity contribution < 1.29 is 4.42 Å². The van der Waals surface area contributed by atoms with Crippen molar-refractivity contribution in [2.45, 2.75) is 10.1 Å². The van der Waals surface area contributed by atoms with Gasteiger partial charge in [-0.15, -0.1) is 10.2 Å². The first kappa shape index (κ1) is 12.2. The number of para-hydroxylation sites is 1. The normalized spacial score (nSPS) is 10.9. The Hall–Kier alpha value is -1.86. The fraction of sp³-hybridized carbons (Fsp3) is 0.0833. The molecule has 0 aliphatic carbocycles. The van der Waals surface area contributed by atoms with Crippen LogP contribution in [0.15, 0.2) is 44.1 Å². The van der Waals surface area contributed by atoms with Gasteiger partial charge in [-0.25, -0.2) is 0 Å². The van der Waals surface area contributed by atoms with E-state index in [0.29, 0.717) is 27.4 Å². The third-order valence-corrected chi connectivity index (χ3v) is 4.46. The lowest BCUT2D eigenvalue weighted by Crippen LogP contribution is -2.07. The molecule has 0 saturated carbocycles. The highest BCUT2D eigenvalue weighted by atomic mass is 32.2. The van der Waals surface area contributed by atoms with Gasteiger partial charge in [0, 0.05) is 11.3 Å². The minimum atomic E-state index is -0.00756. The van der Waals surface area contributed by atoms with Gasteiger partial charge in [0.2, 0.25) is 5.13 Å². The number of benzene rings is 1. The summed E-state index contributed by atoms with van der Waals surface area (Å²) in [5.74, 6) is 0.488. The van der Waals surface area contributed by atoms with Crippen LogP contribution in [0, 0.1) is 0 Å². The number of fused-ring (bicyclic) bond motifs is 1. The second-order valence-electron chi connectivity index (χ2n) is 3.78. The van der Waals surface area contributed by atoms with Crippen LogP contribution < -0.4 is 11.2 Å². The van der Waals surface area contributed by atoms with E-state index in [-0.39, 0.29) is 5.43 Å². The van der Waals surface area contributed by atoms with Crippen molar-refractivity contribution in [1.82, 2.24) is 10.2 Å². The summed E-state index contributed by atoms with van der Waals surface area (Å²) in [7, 11) is 0. The molecular formula is C12H9N3O2S2. The molecule has 96 valence electrons. The largest absolute Gasteiger partial charge is 0.464 e. The maximum absolute atomic E-state index is 12.2. The summed E-state index contributed by atoms with van der Waals surface area (Å²) in [6, 6.07) is 7.20. The lowest BCUT2D eigenvalue weighted by molar-refractivity contribution is 0.596. The zero-order chi connectivity index (χ0) is 13.2. The molecule has 2 aromatic heterocycles. The highest BCUT2D eigenvalue weighted by Gasteiger charge is 2.08. The predicted molar refractivity (Wildman–Crippen MR) is 76.4 cm³/mol. The molecule has 3 rings (SSSR count). The molecule has 2 heterocycles. The van der Waals surface area contributed by atoms with E-state index in [9.17, 15) is 4.79 Å². The second kappa shape index (κ2) is 5.02. The highest BCUT2D eigenvalue weighted by Crippen LogP contribution is 2.26. The van der Waals surface area contributed by atoms with Gasteiger partial charge in [-0.1, -0.05) is 35.2 Å². The van der Waals surface area contributed by atoms with Crippen LogP contribution in [0.3, 0.4) is 0 Å². The Labute approximate surface area is 116 Å². The molecule has 0 aliphatic heterocycles. The SMILES string of the molecule is Nc1nnc(SCc2coc3ccccc3c2=O)s1. The van der Waals surface area contributed by atoms with E-state index in [2.05, 4.69) is 10.2 Å². The third-order valence-electron chi connectivity index (χ3n) is 2.52. The number of nitrogen functional groups attached to an aromatic ring is 1. The van der Waals surface area contributed by atoms with Gasteiger partial charge < -0.3 is 10.2 Å². The molecule has 0 saturated heterocycles. The zero-order valence-corrected chi connectivity index (χ0v) is 11.3. The highest BCUT2D eigenvalue weighted by molar-refractivity contribution is 8.00. The zero-order valence-electron chi connectivity index (χ0n) is 9.70. The van der Waals surface area contributed by atoms with Gasteiger partial charge >= 0.3 is 0 Å². The monoisotopic (exact) mass is 291 g/mol. The Morgan fingerprint density at radius 1 is 1.32 bits per heavy atom. The molecule has 0 fully saturated rings. The Bertz CT molecular complexity index is 782. The first-order valence-corrected chi connectivity index (χ1v) is 7.25. The van der Waals surface area contributed by atoms with Crippen LogP contribution >= 0.6 is 23.1 Å². The van der Waals surface area contributed by atoms with Crippen molar-refractivity contribution >= 4 is 39.2 Å². The average molecular weight is 291 g/mol. The summed E-state index contributed by atoms with van der Waals surface area (Å²) in [4.78, 5) is 12.2. The van der Waals surface area contributed by atoms with Crippen LogP contribution in [-0.4, -0.2) is 10.2 Å².